The molecule has 128 valence electrons. The lowest BCUT2D eigenvalue weighted by molar-refractivity contribution is 0.324. The normalized spacial score (nSPS) is 11.5. The maximum Gasteiger partial charge on any atom is 0.238 e. The molecule has 2 N–H and O–H groups in total. The van der Waals surface area contributed by atoms with Crippen LogP contribution in [0.1, 0.15) is 5.56 Å². The first-order chi connectivity index (χ1) is 11.4. The van der Waals surface area contributed by atoms with Crippen LogP contribution in [0.5, 0.6) is 17.2 Å². The Morgan fingerprint density at radius 3 is 1.92 bits per heavy atom. The van der Waals surface area contributed by atoms with Gasteiger partial charge < -0.3 is 14.2 Å². The molecule has 0 saturated heterocycles. The predicted molar refractivity (Wildman–Crippen MR) is 91.2 cm³/mol. The molecule has 0 aliphatic rings. The van der Waals surface area contributed by atoms with Gasteiger partial charge in [-0.05, 0) is 36.4 Å². The summed E-state index contributed by atoms with van der Waals surface area (Å²) in [5.41, 5.74) is 1.32. The highest BCUT2D eigenvalue weighted by atomic mass is 32.2. The Labute approximate surface area is 140 Å². The molecule has 7 nitrogen and oxygen atoms in total. The van der Waals surface area contributed by atoms with Gasteiger partial charge in [-0.1, -0.05) is 0 Å². The second kappa shape index (κ2) is 7.33. The van der Waals surface area contributed by atoms with E-state index in [-0.39, 0.29) is 4.90 Å². The molecule has 0 saturated carbocycles. The van der Waals surface area contributed by atoms with E-state index in [1.807, 2.05) is 0 Å². The fraction of sp³-hybridized carbons (Fsp3) is 0.188. The summed E-state index contributed by atoms with van der Waals surface area (Å²) >= 11 is 0. The molecular weight excluding hydrogens is 332 g/mol. The first-order valence-corrected chi connectivity index (χ1v) is 8.40. The summed E-state index contributed by atoms with van der Waals surface area (Å²) in [6.07, 6.45) is 1.61. The first kappa shape index (κ1) is 17.8. The van der Waals surface area contributed by atoms with E-state index in [9.17, 15) is 8.42 Å². The highest BCUT2D eigenvalue weighted by Crippen LogP contribution is 2.37. The number of rotatable bonds is 6. The van der Waals surface area contributed by atoms with Crippen molar-refractivity contribution in [3.05, 3.63) is 42.0 Å². The number of nitrogens with two attached hydrogens (primary N) is 1. The summed E-state index contributed by atoms with van der Waals surface area (Å²) in [6.45, 7) is 0. The minimum atomic E-state index is -3.71. The Morgan fingerprint density at radius 1 is 0.958 bits per heavy atom. The van der Waals surface area contributed by atoms with Crippen LogP contribution in [0, 0.1) is 0 Å². The molecule has 0 amide bonds. The number of methoxy groups -OCH3 is 3. The van der Waals surface area contributed by atoms with Crippen LogP contribution >= 0.6 is 0 Å². The van der Waals surface area contributed by atoms with Crippen molar-refractivity contribution in [2.75, 3.05) is 21.3 Å². The van der Waals surface area contributed by atoms with E-state index in [0.29, 0.717) is 22.9 Å². The van der Waals surface area contributed by atoms with Crippen molar-refractivity contribution in [2.24, 2.45) is 10.1 Å². The van der Waals surface area contributed by atoms with Gasteiger partial charge in [-0.3, -0.25) is 4.99 Å². The third-order valence-corrected chi connectivity index (χ3v) is 4.14. The molecule has 0 spiro atoms. The molecule has 0 bridgehead atoms. The van der Waals surface area contributed by atoms with E-state index in [1.165, 1.54) is 33.5 Å². The van der Waals surface area contributed by atoms with Gasteiger partial charge in [0.05, 0.1) is 31.9 Å². The minimum absolute atomic E-state index is 0.0363. The summed E-state index contributed by atoms with van der Waals surface area (Å²) in [6, 6.07) is 9.43. The maximum absolute atomic E-state index is 11.2. The van der Waals surface area contributed by atoms with Crippen LogP contribution in [0.3, 0.4) is 0 Å². The fourth-order valence-corrected chi connectivity index (χ4v) is 2.56. The smallest absolute Gasteiger partial charge is 0.238 e. The van der Waals surface area contributed by atoms with Gasteiger partial charge >= 0.3 is 0 Å². The van der Waals surface area contributed by atoms with E-state index in [1.54, 1.807) is 30.5 Å². The molecule has 0 atom stereocenters. The van der Waals surface area contributed by atoms with Crippen molar-refractivity contribution in [1.29, 1.82) is 0 Å². The molecule has 0 heterocycles. The maximum atomic E-state index is 11.2. The number of hydrogen-bond acceptors (Lipinski definition) is 6. The number of benzene rings is 2. The summed E-state index contributed by atoms with van der Waals surface area (Å²) in [4.78, 5) is 4.33. The number of hydrogen-bond donors (Lipinski definition) is 1. The summed E-state index contributed by atoms with van der Waals surface area (Å²) in [5.74, 6) is 1.53. The van der Waals surface area contributed by atoms with Crippen LogP contribution in [0.2, 0.25) is 0 Å². The standard InChI is InChI=1S/C16H18N2O5S/c1-21-14-8-11(9-15(22-2)16(14)23-3)10-18-12-4-6-13(7-5-12)24(17,19)20/h4-10H,1-3H3,(H2,17,19,20). The molecule has 0 aliphatic heterocycles. The quantitative estimate of drug-likeness (QED) is 0.804. The van der Waals surface area contributed by atoms with Crippen molar-refractivity contribution in [3.8, 4) is 17.2 Å². The molecule has 0 radical (unpaired) electrons. The molecule has 0 aliphatic carbocycles. The molecule has 24 heavy (non-hydrogen) atoms. The Kier molecular flexibility index (Phi) is 5.42. The molecule has 0 unspecified atom stereocenters. The lowest BCUT2D eigenvalue weighted by Gasteiger charge is -2.12. The number of sulfonamides is 1. The molecule has 2 rings (SSSR count). The predicted octanol–water partition coefficient (Wildman–Crippen LogP) is 2.11. The second-order valence-electron chi connectivity index (χ2n) is 4.76. The van der Waals surface area contributed by atoms with Gasteiger partial charge in [0, 0.05) is 11.8 Å². The monoisotopic (exact) mass is 350 g/mol. The van der Waals surface area contributed by atoms with Crippen molar-refractivity contribution >= 4 is 21.9 Å². The summed E-state index contributed by atoms with van der Waals surface area (Å²) in [5, 5.41) is 5.06. The van der Waals surface area contributed by atoms with E-state index in [4.69, 9.17) is 19.3 Å². The van der Waals surface area contributed by atoms with Gasteiger partial charge in [0.15, 0.2) is 11.5 Å². The van der Waals surface area contributed by atoms with Crippen molar-refractivity contribution in [1.82, 2.24) is 0 Å². The van der Waals surface area contributed by atoms with E-state index in [0.717, 1.165) is 5.56 Å². The lowest BCUT2D eigenvalue weighted by Crippen LogP contribution is -2.11. The van der Waals surface area contributed by atoms with Gasteiger partial charge in [-0.2, -0.15) is 0 Å². The van der Waals surface area contributed by atoms with E-state index >= 15 is 0 Å². The first-order valence-electron chi connectivity index (χ1n) is 6.86. The molecule has 0 fully saturated rings. The highest BCUT2D eigenvalue weighted by Gasteiger charge is 2.12. The zero-order chi connectivity index (χ0) is 17.7. The van der Waals surface area contributed by atoms with Crippen molar-refractivity contribution in [3.63, 3.8) is 0 Å². The van der Waals surface area contributed by atoms with Gasteiger partial charge in [0.2, 0.25) is 15.8 Å². The Balaban J connectivity index is 2.32. The average molecular weight is 350 g/mol. The molecule has 2 aromatic rings. The Bertz CT molecular complexity index is 820. The summed E-state index contributed by atoms with van der Waals surface area (Å²) < 4.78 is 38.3. The zero-order valence-corrected chi connectivity index (χ0v) is 14.3. The van der Waals surface area contributed by atoms with Crippen LogP contribution in [0.25, 0.3) is 0 Å². The van der Waals surface area contributed by atoms with Crippen LogP contribution in [0.15, 0.2) is 46.3 Å². The van der Waals surface area contributed by atoms with Gasteiger partial charge in [0.1, 0.15) is 0 Å². The molecule has 2 aromatic carbocycles. The number of primary sulfonamides is 1. The van der Waals surface area contributed by atoms with Gasteiger partial charge in [0.25, 0.3) is 0 Å². The molecule has 0 aromatic heterocycles. The van der Waals surface area contributed by atoms with Gasteiger partial charge in [-0.25, -0.2) is 13.6 Å². The second-order valence-corrected chi connectivity index (χ2v) is 6.32. The largest absolute Gasteiger partial charge is 0.493 e. The Morgan fingerprint density at radius 2 is 1.50 bits per heavy atom. The number of ether oxygens (including phenoxy) is 3. The number of nitrogens with zero attached hydrogens (tertiary/aromatic N) is 1. The summed E-state index contributed by atoms with van der Waals surface area (Å²) in [7, 11) is 0.882. The van der Waals surface area contributed by atoms with E-state index < -0.39 is 10.0 Å². The third-order valence-electron chi connectivity index (χ3n) is 3.22. The lowest BCUT2D eigenvalue weighted by atomic mass is 10.2. The SMILES string of the molecule is COc1cc(C=Nc2ccc(S(N)(=O)=O)cc2)cc(OC)c1OC. The zero-order valence-electron chi connectivity index (χ0n) is 13.5. The van der Waals surface area contributed by atoms with Crippen LogP contribution in [-0.2, 0) is 10.0 Å². The van der Waals surface area contributed by atoms with Gasteiger partial charge in [-0.15, -0.1) is 0 Å². The molecule has 8 heteroatoms. The topological polar surface area (TPSA) is 100 Å². The minimum Gasteiger partial charge on any atom is -0.493 e. The molecular formula is C16H18N2O5S. The van der Waals surface area contributed by atoms with Crippen molar-refractivity contribution < 1.29 is 22.6 Å². The van der Waals surface area contributed by atoms with Crippen molar-refractivity contribution in [2.45, 2.75) is 4.90 Å². The van der Waals surface area contributed by atoms with Crippen LogP contribution in [-0.4, -0.2) is 36.0 Å². The number of aliphatic imine (C=N–C) groups is 1. The third kappa shape index (κ3) is 4.03. The Hall–Kier alpha value is -2.58. The van der Waals surface area contributed by atoms with Crippen LogP contribution in [0.4, 0.5) is 5.69 Å². The van der Waals surface area contributed by atoms with Crippen LogP contribution < -0.4 is 19.3 Å². The average Bonchev–Trinajstić information content (AvgIpc) is 2.58. The van der Waals surface area contributed by atoms with E-state index in [2.05, 4.69) is 4.99 Å². The fourth-order valence-electron chi connectivity index (χ4n) is 2.05. The highest BCUT2D eigenvalue weighted by molar-refractivity contribution is 7.89.